The predicted molar refractivity (Wildman–Crippen MR) is 138 cm³/mol. The summed E-state index contributed by atoms with van der Waals surface area (Å²) in [4.78, 5) is 5.41. The number of nitrogens with zero attached hydrogens (tertiary/aromatic N) is 2. The van der Waals surface area contributed by atoms with E-state index in [9.17, 15) is 0 Å². The van der Waals surface area contributed by atoms with Crippen LogP contribution in [0.25, 0.3) is 6.08 Å². The quantitative estimate of drug-likeness (QED) is 0.307. The molecule has 1 aromatic carbocycles. The molecule has 0 saturated carbocycles. The summed E-state index contributed by atoms with van der Waals surface area (Å²) in [7, 11) is -3.06. The van der Waals surface area contributed by atoms with Gasteiger partial charge in [0, 0.05) is 0 Å². The molecule has 1 unspecified atom stereocenters. The maximum absolute atomic E-state index is 5.41. The van der Waals surface area contributed by atoms with Crippen molar-refractivity contribution in [3.63, 3.8) is 0 Å². The van der Waals surface area contributed by atoms with Gasteiger partial charge in [-0.25, -0.2) is 0 Å². The van der Waals surface area contributed by atoms with Gasteiger partial charge in [0.15, 0.2) is 0 Å². The van der Waals surface area contributed by atoms with Crippen molar-refractivity contribution < 1.29 is 0 Å². The van der Waals surface area contributed by atoms with E-state index in [1.54, 1.807) is 9.05 Å². The molecule has 1 heterocycles. The van der Waals surface area contributed by atoms with Gasteiger partial charge in [0.1, 0.15) is 0 Å². The third kappa shape index (κ3) is 6.33. The van der Waals surface area contributed by atoms with Crippen LogP contribution < -0.4 is 0 Å². The second-order valence-corrected chi connectivity index (χ2v) is 26.1. The molecule has 0 aliphatic carbocycles. The van der Waals surface area contributed by atoms with Crippen LogP contribution in [0.2, 0.25) is 39.3 Å². The van der Waals surface area contributed by atoms with E-state index in [2.05, 4.69) is 116 Å². The van der Waals surface area contributed by atoms with Gasteiger partial charge in [-0.3, -0.25) is 0 Å². The van der Waals surface area contributed by atoms with Gasteiger partial charge >= 0.3 is 193 Å². The summed E-state index contributed by atoms with van der Waals surface area (Å²) in [5, 5.41) is 1.54. The maximum atomic E-state index is 5.41. The van der Waals surface area contributed by atoms with Crippen molar-refractivity contribution in [1.82, 2.24) is 4.57 Å². The molecular weight excluding hydrogens is 491 g/mol. The third-order valence-electron chi connectivity index (χ3n) is 4.97. The molecule has 1 atom stereocenters. The van der Waals surface area contributed by atoms with E-state index in [4.69, 9.17) is 4.99 Å². The zero-order valence-corrected chi connectivity index (χ0v) is 25.7. The second-order valence-electron chi connectivity index (χ2n) is 12.3. The first-order chi connectivity index (χ1) is 12.9. The number of rotatable bonds is 4. The summed E-state index contributed by atoms with van der Waals surface area (Å²) in [5.41, 5.74) is 3.10. The number of fused-ring (bicyclic) bond motifs is 1. The summed E-state index contributed by atoms with van der Waals surface area (Å²) >= 11 is -0.912. The average Bonchev–Trinajstić information content (AvgIpc) is 2.47. The van der Waals surface area contributed by atoms with Gasteiger partial charge in [-0.05, 0) is 0 Å². The van der Waals surface area contributed by atoms with Crippen molar-refractivity contribution in [3.05, 3.63) is 39.1 Å². The molecule has 0 amide bonds. The predicted octanol–water partition coefficient (Wildman–Crippen LogP) is 6.80. The summed E-state index contributed by atoms with van der Waals surface area (Å²) in [6.07, 6.45) is 2.54. The monoisotopic (exact) mass is 534 g/mol. The molecular formula is C24H42N2Si2Sn. The van der Waals surface area contributed by atoms with Gasteiger partial charge in [0.2, 0.25) is 0 Å². The van der Waals surface area contributed by atoms with E-state index >= 15 is 0 Å². The molecule has 1 aromatic rings. The van der Waals surface area contributed by atoms with E-state index in [1.165, 1.54) is 11.1 Å². The van der Waals surface area contributed by atoms with Crippen LogP contribution >= 0.6 is 0 Å². The number of hydrogen-bond acceptors (Lipinski definition) is 2. The first-order valence-electron chi connectivity index (χ1n) is 10.9. The Labute approximate surface area is 192 Å². The molecule has 2 rings (SSSR count). The van der Waals surface area contributed by atoms with Gasteiger partial charge in [-0.2, -0.15) is 0 Å². The van der Waals surface area contributed by atoms with E-state index in [0.717, 1.165) is 0 Å². The zero-order valence-electron chi connectivity index (χ0n) is 20.9. The summed E-state index contributed by atoms with van der Waals surface area (Å²) in [6, 6.07) is 9.13. The van der Waals surface area contributed by atoms with Crippen LogP contribution in [-0.4, -0.2) is 58.4 Å². The summed E-state index contributed by atoms with van der Waals surface area (Å²) in [6.45, 7) is 28.9. The molecule has 2 radical (unpaired) electrons. The minimum atomic E-state index is -1.55. The minimum absolute atomic E-state index is 0.0200. The normalized spacial score (nSPS) is 19.0. The molecule has 0 bridgehead atoms. The SMILES string of the molecule is CC(C)(C)N=C([CH]1[Sn][C](N(C(C)(C)C)[Si](C)(C)C)=Cc2ccccc21)[Si](C)(C)C. The van der Waals surface area contributed by atoms with Crippen molar-refractivity contribution >= 4 is 48.9 Å². The van der Waals surface area contributed by atoms with Crippen molar-refractivity contribution in [1.29, 1.82) is 0 Å². The first kappa shape index (κ1) is 24.9. The Hall–Kier alpha value is -0.338. The van der Waals surface area contributed by atoms with Crippen molar-refractivity contribution in [3.8, 4) is 0 Å². The molecule has 5 heteroatoms. The number of hydrogen-bond donors (Lipinski definition) is 0. The van der Waals surface area contributed by atoms with Crippen LogP contribution in [0.15, 0.2) is 33.0 Å². The van der Waals surface area contributed by atoms with Gasteiger partial charge in [-0.15, -0.1) is 0 Å². The van der Waals surface area contributed by atoms with Crippen molar-refractivity contribution in [2.24, 2.45) is 4.99 Å². The standard InChI is InChI=1S/C24H42N2Si2.Sn/c1-23(2,3)25-22(27(7,8)9)19-21-16-14-13-15-20(21)17-18-26(24(4,5)6)28(10,11)12;/h13-17,19H,1-12H3;. The molecule has 2 nitrogen and oxygen atoms in total. The van der Waals surface area contributed by atoms with E-state index in [1.807, 2.05) is 0 Å². The Kier molecular flexibility index (Phi) is 7.14. The van der Waals surface area contributed by atoms with Crippen LogP contribution in [0.3, 0.4) is 0 Å². The van der Waals surface area contributed by atoms with E-state index < -0.39 is 37.5 Å². The molecule has 1 aliphatic heterocycles. The molecule has 0 fully saturated rings. The Bertz CT molecular complexity index is 786. The molecule has 0 saturated heterocycles. The summed E-state index contributed by atoms with van der Waals surface area (Å²) in [5.74, 6) is 0. The third-order valence-corrected chi connectivity index (χ3v) is 15.0. The average molecular weight is 533 g/mol. The van der Waals surface area contributed by atoms with Crippen molar-refractivity contribution in [2.75, 3.05) is 0 Å². The summed E-state index contributed by atoms with van der Waals surface area (Å²) < 4.78 is 5.07. The van der Waals surface area contributed by atoms with Gasteiger partial charge in [0.05, 0.1) is 0 Å². The molecule has 0 N–H and O–H groups in total. The second kappa shape index (κ2) is 8.30. The fourth-order valence-electron chi connectivity index (χ4n) is 4.42. The van der Waals surface area contributed by atoms with E-state index in [-0.39, 0.29) is 11.1 Å². The number of aliphatic imine (C=N–C) groups is 1. The van der Waals surface area contributed by atoms with Crippen LogP contribution in [0, 0.1) is 0 Å². The van der Waals surface area contributed by atoms with E-state index in [0.29, 0.717) is 3.93 Å². The topological polar surface area (TPSA) is 15.6 Å². The van der Waals surface area contributed by atoms with Gasteiger partial charge < -0.3 is 0 Å². The molecule has 29 heavy (non-hydrogen) atoms. The fourth-order valence-corrected chi connectivity index (χ4v) is 21.0. The molecule has 1 aliphatic rings. The van der Waals surface area contributed by atoms with Crippen LogP contribution in [-0.2, 0) is 0 Å². The van der Waals surface area contributed by atoms with Crippen LogP contribution in [0.1, 0.15) is 56.6 Å². The Morgan fingerprint density at radius 3 is 1.93 bits per heavy atom. The molecule has 160 valence electrons. The van der Waals surface area contributed by atoms with Crippen LogP contribution in [0.5, 0.6) is 0 Å². The fraction of sp³-hybridized carbons (Fsp3) is 0.625. The first-order valence-corrected chi connectivity index (χ1v) is 20.9. The van der Waals surface area contributed by atoms with Gasteiger partial charge in [0.25, 0.3) is 0 Å². The number of benzene rings is 1. The van der Waals surface area contributed by atoms with Gasteiger partial charge in [-0.1, -0.05) is 0 Å². The Morgan fingerprint density at radius 1 is 0.931 bits per heavy atom. The molecule has 0 aromatic heterocycles. The molecule has 0 spiro atoms. The Morgan fingerprint density at radius 2 is 1.48 bits per heavy atom. The zero-order chi connectivity index (χ0) is 22.4. The van der Waals surface area contributed by atoms with Crippen LogP contribution in [0.4, 0.5) is 0 Å². The van der Waals surface area contributed by atoms with Crippen molar-refractivity contribution in [2.45, 2.75) is 95.8 Å². The Balaban J connectivity index is 2.71.